The number of fused-ring (bicyclic) bond motifs is 3. The number of hydrogen-bond donors (Lipinski definition) is 2. The van der Waals surface area contributed by atoms with Crippen LogP contribution in [0.2, 0.25) is 0 Å². The van der Waals surface area contributed by atoms with Crippen LogP contribution >= 0.6 is 0 Å². The van der Waals surface area contributed by atoms with E-state index in [1.165, 1.54) is 24.3 Å². The molecule has 2 N–H and O–H groups in total. The molecular formula is C27H22F2N2O2. The van der Waals surface area contributed by atoms with Gasteiger partial charge < -0.3 is 15.3 Å². The number of likely N-dealkylation sites (tertiary alicyclic amines) is 1. The molecule has 3 aromatic carbocycles. The molecular weight excluding hydrogens is 422 g/mol. The minimum atomic E-state index is -0.544. The lowest BCUT2D eigenvalue weighted by molar-refractivity contribution is 0.0696. The minimum Gasteiger partial charge on any atom is -0.394 e. The summed E-state index contributed by atoms with van der Waals surface area (Å²) in [6.45, 7) is 0.417. The Labute approximate surface area is 190 Å². The SMILES string of the molecule is O=C(c1ccccc1F)N1CC[C@@H]2[C@H]1c1cc(C#Cc3ccc(F)cc3)ccc1N[C@@H]2CO. The highest BCUT2D eigenvalue weighted by molar-refractivity contribution is 5.95. The molecule has 0 radical (unpaired) electrons. The second kappa shape index (κ2) is 8.68. The molecule has 2 aliphatic heterocycles. The minimum absolute atomic E-state index is 0.00136. The summed E-state index contributed by atoms with van der Waals surface area (Å²) in [5.74, 6) is 4.93. The Bertz CT molecular complexity index is 1260. The number of rotatable bonds is 2. The summed E-state index contributed by atoms with van der Waals surface area (Å²) in [6.07, 6.45) is 0.702. The summed E-state index contributed by atoms with van der Waals surface area (Å²) in [6, 6.07) is 17.2. The monoisotopic (exact) mass is 444 g/mol. The fourth-order valence-corrected chi connectivity index (χ4v) is 4.84. The molecule has 0 unspecified atom stereocenters. The van der Waals surface area contributed by atoms with E-state index in [1.807, 2.05) is 18.2 Å². The number of hydrogen-bond acceptors (Lipinski definition) is 3. The zero-order valence-electron chi connectivity index (χ0n) is 17.8. The van der Waals surface area contributed by atoms with Crippen molar-refractivity contribution in [3.8, 4) is 11.8 Å². The van der Waals surface area contributed by atoms with Crippen LogP contribution in [0.15, 0.2) is 66.7 Å². The van der Waals surface area contributed by atoms with Crippen LogP contribution in [0.4, 0.5) is 14.5 Å². The zero-order valence-corrected chi connectivity index (χ0v) is 17.8. The van der Waals surface area contributed by atoms with E-state index in [2.05, 4.69) is 17.2 Å². The first kappa shape index (κ1) is 21.2. The Balaban J connectivity index is 1.52. The van der Waals surface area contributed by atoms with Crippen LogP contribution in [-0.2, 0) is 0 Å². The van der Waals surface area contributed by atoms with E-state index < -0.39 is 5.82 Å². The van der Waals surface area contributed by atoms with Gasteiger partial charge in [-0.15, -0.1) is 0 Å². The normalized spacial score (nSPS) is 20.8. The molecule has 1 fully saturated rings. The third-order valence-corrected chi connectivity index (χ3v) is 6.43. The van der Waals surface area contributed by atoms with Gasteiger partial charge in [0.25, 0.3) is 5.91 Å². The first-order valence-electron chi connectivity index (χ1n) is 10.9. The Morgan fingerprint density at radius 3 is 2.52 bits per heavy atom. The number of nitrogens with zero attached hydrogens (tertiary/aromatic N) is 1. The highest BCUT2D eigenvalue weighted by Crippen LogP contribution is 2.47. The average Bonchev–Trinajstić information content (AvgIpc) is 3.29. The number of anilines is 1. The van der Waals surface area contributed by atoms with Gasteiger partial charge in [-0.25, -0.2) is 8.78 Å². The van der Waals surface area contributed by atoms with Crippen molar-refractivity contribution in [2.45, 2.75) is 18.5 Å². The van der Waals surface area contributed by atoms with E-state index in [1.54, 1.807) is 29.2 Å². The van der Waals surface area contributed by atoms with Crippen molar-refractivity contribution in [3.63, 3.8) is 0 Å². The molecule has 2 aliphatic rings. The van der Waals surface area contributed by atoms with Crippen LogP contribution < -0.4 is 5.32 Å². The van der Waals surface area contributed by atoms with Gasteiger partial charge in [-0.2, -0.15) is 0 Å². The smallest absolute Gasteiger partial charge is 0.257 e. The molecule has 0 aliphatic carbocycles. The molecule has 166 valence electrons. The maximum Gasteiger partial charge on any atom is 0.257 e. The Kier molecular flexibility index (Phi) is 5.57. The lowest BCUT2D eigenvalue weighted by Gasteiger charge is -2.39. The van der Waals surface area contributed by atoms with Crippen LogP contribution in [0.25, 0.3) is 0 Å². The molecule has 2 heterocycles. The van der Waals surface area contributed by atoms with Crippen molar-refractivity contribution >= 4 is 11.6 Å². The standard InChI is InChI=1S/C27H22F2N2O2/c28-19-10-7-17(8-11-19)5-6-18-9-12-24-22(15-18)26-21(25(16-32)30-24)13-14-31(26)27(33)20-3-1-2-4-23(20)29/h1-4,7-12,15,21,25-26,30,32H,13-14,16H2/t21-,25+,26-/m0/s1. The summed E-state index contributed by atoms with van der Waals surface area (Å²) in [5, 5.41) is 13.3. The van der Waals surface area contributed by atoms with E-state index in [0.717, 1.165) is 16.8 Å². The maximum absolute atomic E-state index is 14.4. The second-order valence-electron chi connectivity index (χ2n) is 8.37. The van der Waals surface area contributed by atoms with E-state index in [9.17, 15) is 18.7 Å². The van der Waals surface area contributed by atoms with Crippen LogP contribution in [0, 0.1) is 29.4 Å². The summed E-state index contributed by atoms with van der Waals surface area (Å²) >= 11 is 0. The molecule has 5 rings (SSSR count). The van der Waals surface area contributed by atoms with Gasteiger partial charge in [0.15, 0.2) is 0 Å². The van der Waals surface area contributed by atoms with Crippen LogP contribution in [0.5, 0.6) is 0 Å². The van der Waals surface area contributed by atoms with Gasteiger partial charge in [0.05, 0.1) is 24.3 Å². The Hall–Kier alpha value is -3.69. The summed E-state index contributed by atoms with van der Waals surface area (Å²) < 4.78 is 27.5. The second-order valence-corrected chi connectivity index (χ2v) is 8.37. The summed E-state index contributed by atoms with van der Waals surface area (Å²) in [7, 11) is 0. The average molecular weight is 444 g/mol. The zero-order chi connectivity index (χ0) is 22.9. The number of nitrogens with one attached hydrogen (secondary N) is 1. The number of carbonyl (C=O) groups excluding carboxylic acids is 1. The topological polar surface area (TPSA) is 52.6 Å². The van der Waals surface area contributed by atoms with Gasteiger partial charge in [-0.05, 0) is 66.6 Å². The summed E-state index contributed by atoms with van der Waals surface area (Å²) in [4.78, 5) is 15.0. The molecule has 0 aromatic heterocycles. The van der Waals surface area contributed by atoms with Crippen molar-refractivity contribution in [1.29, 1.82) is 0 Å². The van der Waals surface area contributed by atoms with Gasteiger partial charge in [-0.3, -0.25) is 4.79 Å². The van der Waals surface area contributed by atoms with E-state index in [0.29, 0.717) is 18.5 Å². The number of benzene rings is 3. The highest BCUT2D eigenvalue weighted by atomic mass is 19.1. The van der Waals surface area contributed by atoms with Crippen molar-refractivity contribution in [2.75, 3.05) is 18.5 Å². The van der Waals surface area contributed by atoms with E-state index in [4.69, 9.17) is 0 Å². The third-order valence-electron chi connectivity index (χ3n) is 6.43. The molecule has 4 nitrogen and oxygen atoms in total. The Morgan fingerprint density at radius 2 is 1.76 bits per heavy atom. The molecule has 0 saturated carbocycles. The van der Waals surface area contributed by atoms with Gasteiger partial charge in [0.1, 0.15) is 11.6 Å². The quantitative estimate of drug-likeness (QED) is 0.578. The van der Waals surface area contributed by atoms with E-state index in [-0.39, 0.29) is 41.9 Å². The molecule has 1 amide bonds. The third kappa shape index (κ3) is 3.96. The van der Waals surface area contributed by atoms with Crippen molar-refractivity contribution in [3.05, 3.63) is 101 Å². The maximum atomic E-state index is 14.4. The first-order chi connectivity index (χ1) is 16.0. The molecule has 0 spiro atoms. The number of aliphatic hydroxyl groups excluding tert-OH is 1. The molecule has 0 bridgehead atoms. The molecule has 3 aromatic rings. The van der Waals surface area contributed by atoms with Gasteiger partial charge >= 0.3 is 0 Å². The van der Waals surface area contributed by atoms with Gasteiger partial charge in [-0.1, -0.05) is 24.0 Å². The predicted octanol–water partition coefficient (Wildman–Crippen LogP) is 4.35. The molecule has 3 atom stereocenters. The van der Waals surface area contributed by atoms with Crippen LogP contribution in [0.3, 0.4) is 0 Å². The van der Waals surface area contributed by atoms with Crippen molar-refractivity contribution in [2.24, 2.45) is 5.92 Å². The van der Waals surface area contributed by atoms with Crippen LogP contribution in [-0.4, -0.2) is 35.1 Å². The fraction of sp³-hybridized carbons (Fsp3) is 0.222. The van der Waals surface area contributed by atoms with Crippen molar-refractivity contribution < 1.29 is 18.7 Å². The lowest BCUT2D eigenvalue weighted by atomic mass is 9.82. The molecule has 33 heavy (non-hydrogen) atoms. The lowest BCUT2D eigenvalue weighted by Crippen LogP contribution is -2.43. The van der Waals surface area contributed by atoms with Gasteiger partial charge in [0, 0.05) is 29.3 Å². The predicted molar refractivity (Wildman–Crippen MR) is 122 cm³/mol. The number of aliphatic hydroxyl groups is 1. The van der Waals surface area contributed by atoms with Crippen LogP contribution in [0.1, 0.15) is 39.5 Å². The fourth-order valence-electron chi connectivity index (χ4n) is 4.84. The highest BCUT2D eigenvalue weighted by Gasteiger charge is 2.46. The number of amides is 1. The summed E-state index contributed by atoms with van der Waals surface area (Å²) in [5.41, 5.74) is 3.23. The number of carbonyl (C=O) groups is 1. The number of halogens is 2. The first-order valence-corrected chi connectivity index (χ1v) is 10.9. The van der Waals surface area contributed by atoms with Crippen molar-refractivity contribution in [1.82, 2.24) is 4.90 Å². The molecule has 6 heteroatoms. The Morgan fingerprint density at radius 1 is 1.03 bits per heavy atom. The van der Waals surface area contributed by atoms with Gasteiger partial charge in [0.2, 0.25) is 0 Å². The molecule has 1 saturated heterocycles. The van der Waals surface area contributed by atoms with E-state index >= 15 is 0 Å². The largest absolute Gasteiger partial charge is 0.394 e.